The maximum absolute atomic E-state index is 12.6. The van der Waals surface area contributed by atoms with Gasteiger partial charge in [-0.15, -0.1) is 0 Å². The van der Waals surface area contributed by atoms with Gasteiger partial charge in [-0.1, -0.05) is 11.3 Å². The van der Waals surface area contributed by atoms with E-state index >= 15 is 0 Å². The summed E-state index contributed by atoms with van der Waals surface area (Å²) in [5, 5.41) is 0. The van der Waals surface area contributed by atoms with Crippen molar-refractivity contribution in [2.24, 2.45) is 4.99 Å². The van der Waals surface area contributed by atoms with Crippen LogP contribution in [0.4, 0.5) is 0 Å². The molecule has 3 rings (SSSR count). The molecular weight excluding hydrogens is 368 g/mol. The molecule has 0 N–H and O–H groups in total. The van der Waals surface area contributed by atoms with E-state index in [-0.39, 0.29) is 5.91 Å². The minimum Gasteiger partial charge on any atom is -0.466 e. The van der Waals surface area contributed by atoms with Crippen LogP contribution in [0.25, 0.3) is 10.2 Å². The molecule has 0 saturated heterocycles. The number of hydrogen-bond donors (Lipinski definition) is 0. The zero-order chi connectivity index (χ0) is 19.6. The number of nitrogens with zero attached hydrogens (tertiary/aromatic N) is 2. The highest BCUT2D eigenvalue weighted by atomic mass is 32.1. The standard InChI is InChI=1S/C19H20N2O5S/c1-11-9-14(12(2)26-11)17(22)20-19-21(7-8-24-3)15-6-5-13(18(23)25-4)10-16(15)27-19/h5-6,9-10H,7-8H2,1-4H3. The predicted octanol–water partition coefficient (Wildman–Crippen LogP) is 3.09. The fraction of sp³-hybridized carbons (Fsp3) is 0.316. The quantitative estimate of drug-likeness (QED) is 0.627. The molecule has 2 aromatic heterocycles. The van der Waals surface area contributed by atoms with Crippen molar-refractivity contribution >= 4 is 33.4 Å². The van der Waals surface area contributed by atoms with Gasteiger partial charge in [0.25, 0.3) is 5.91 Å². The molecule has 0 saturated carbocycles. The van der Waals surface area contributed by atoms with Gasteiger partial charge in [0, 0.05) is 13.7 Å². The van der Waals surface area contributed by atoms with Gasteiger partial charge in [-0.2, -0.15) is 4.99 Å². The van der Waals surface area contributed by atoms with Crippen molar-refractivity contribution in [2.45, 2.75) is 20.4 Å². The van der Waals surface area contributed by atoms with Crippen LogP contribution in [0.3, 0.4) is 0 Å². The number of fused-ring (bicyclic) bond motifs is 1. The SMILES string of the molecule is COCCn1c(=NC(=O)c2cc(C)oc2C)sc2cc(C(=O)OC)ccc21. The van der Waals surface area contributed by atoms with Gasteiger partial charge in [0.05, 0.1) is 35.1 Å². The van der Waals surface area contributed by atoms with E-state index in [4.69, 9.17) is 13.9 Å². The Morgan fingerprint density at radius 2 is 2.00 bits per heavy atom. The van der Waals surface area contributed by atoms with E-state index in [0.717, 1.165) is 10.2 Å². The van der Waals surface area contributed by atoms with Crippen LogP contribution in [0, 0.1) is 13.8 Å². The number of amides is 1. The first-order valence-electron chi connectivity index (χ1n) is 8.31. The molecule has 7 nitrogen and oxygen atoms in total. The summed E-state index contributed by atoms with van der Waals surface area (Å²) in [6.07, 6.45) is 0. The summed E-state index contributed by atoms with van der Waals surface area (Å²) in [6, 6.07) is 6.94. The summed E-state index contributed by atoms with van der Waals surface area (Å²) in [7, 11) is 2.96. The van der Waals surface area contributed by atoms with E-state index in [0.29, 0.717) is 40.6 Å². The van der Waals surface area contributed by atoms with E-state index in [2.05, 4.69) is 4.99 Å². The number of carbonyl (C=O) groups excluding carboxylic acids is 2. The van der Waals surface area contributed by atoms with E-state index in [9.17, 15) is 9.59 Å². The number of methoxy groups -OCH3 is 2. The number of thiazole rings is 1. The summed E-state index contributed by atoms with van der Waals surface area (Å²) in [6.45, 7) is 4.53. The van der Waals surface area contributed by atoms with Gasteiger partial charge in [-0.3, -0.25) is 4.79 Å². The smallest absolute Gasteiger partial charge is 0.337 e. The molecule has 1 amide bonds. The zero-order valence-electron chi connectivity index (χ0n) is 15.6. The second-order valence-electron chi connectivity index (χ2n) is 5.95. The second kappa shape index (κ2) is 7.89. The molecule has 3 aromatic rings. The average molecular weight is 388 g/mol. The van der Waals surface area contributed by atoms with Crippen molar-refractivity contribution in [3.8, 4) is 0 Å². The van der Waals surface area contributed by atoms with Gasteiger partial charge in [-0.25, -0.2) is 4.79 Å². The Kier molecular flexibility index (Phi) is 5.57. The molecule has 0 unspecified atom stereocenters. The second-order valence-corrected chi connectivity index (χ2v) is 6.96. The molecule has 2 heterocycles. The Labute approximate surface area is 159 Å². The van der Waals surface area contributed by atoms with E-state index in [1.807, 2.05) is 10.6 Å². The molecule has 0 bridgehead atoms. The van der Waals surface area contributed by atoms with Crippen LogP contribution in [-0.2, 0) is 16.0 Å². The number of rotatable bonds is 5. The highest BCUT2D eigenvalue weighted by molar-refractivity contribution is 7.16. The molecule has 0 atom stereocenters. The van der Waals surface area contributed by atoms with Gasteiger partial charge >= 0.3 is 5.97 Å². The van der Waals surface area contributed by atoms with Crippen LogP contribution >= 0.6 is 11.3 Å². The first-order chi connectivity index (χ1) is 12.9. The van der Waals surface area contributed by atoms with Crippen molar-refractivity contribution in [3.63, 3.8) is 0 Å². The van der Waals surface area contributed by atoms with E-state index in [1.54, 1.807) is 39.2 Å². The number of hydrogen-bond acceptors (Lipinski definition) is 6. The zero-order valence-corrected chi connectivity index (χ0v) is 16.4. The number of esters is 1. The molecule has 0 fully saturated rings. The number of furan rings is 1. The normalized spacial score (nSPS) is 11.9. The molecule has 0 aliphatic carbocycles. The maximum Gasteiger partial charge on any atom is 0.337 e. The number of ether oxygens (including phenoxy) is 2. The lowest BCUT2D eigenvalue weighted by Crippen LogP contribution is -2.19. The van der Waals surface area contributed by atoms with Crippen LogP contribution < -0.4 is 4.80 Å². The third-order valence-corrected chi connectivity index (χ3v) is 5.13. The molecule has 0 aliphatic rings. The monoisotopic (exact) mass is 388 g/mol. The largest absolute Gasteiger partial charge is 0.466 e. The van der Waals surface area contributed by atoms with Crippen LogP contribution in [0.1, 0.15) is 32.2 Å². The fourth-order valence-electron chi connectivity index (χ4n) is 2.79. The van der Waals surface area contributed by atoms with Crippen LogP contribution in [0.2, 0.25) is 0 Å². The minimum absolute atomic E-state index is 0.365. The number of carbonyl (C=O) groups is 2. The average Bonchev–Trinajstić information content (AvgIpc) is 3.17. The van der Waals surface area contributed by atoms with Crippen LogP contribution in [0.5, 0.6) is 0 Å². The van der Waals surface area contributed by atoms with Crippen LogP contribution in [0.15, 0.2) is 33.7 Å². The number of aromatic nitrogens is 1. The maximum atomic E-state index is 12.6. The van der Waals surface area contributed by atoms with Gasteiger partial charge in [0.15, 0.2) is 4.80 Å². The first-order valence-corrected chi connectivity index (χ1v) is 9.13. The van der Waals surface area contributed by atoms with Crippen molar-refractivity contribution in [1.29, 1.82) is 0 Å². The third kappa shape index (κ3) is 3.86. The number of aryl methyl sites for hydroxylation is 2. The molecule has 1 aromatic carbocycles. The van der Waals surface area contributed by atoms with E-state index < -0.39 is 5.97 Å². The molecule has 0 radical (unpaired) electrons. The van der Waals surface area contributed by atoms with Crippen molar-refractivity contribution in [1.82, 2.24) is 4.57 Å². The molecule has 8 heteroatoms. The van der Waals surface area contributed by atoms with Gasteiger partial charge in [0.1, 0.15) is 11.5 Å². The Morgan fingerprint density at radius 1 is 1.22 bits per heavy atom. The van der Waals surface area contributed by atoms with Gasteiger partial charge in [-0.05, 0) is 38.1 Å². The minimum atomic E-state index is -0.409. The summed E-state index contributed by atoms with van der Waals surface area (Å²) in [5.74, 6) is 0.430. The molecule has 0 spiro atoms. The van der Waals surface area contributed by atoms with Gasteiger partial charge in [0.2, 0.25) is 0 Å². The summed E-state index contributed by atoms with van der Waals surface area (Å²) in [5.41, 5.74) is 1.76. The number of benzene rings is 1. The molecule has 27 heavy (non-hydrogen) atoms. The lowest BCUT2D eigenvalue weighted by atomic mass is 10.2. The third-order valence-electron chi connectivity index (χ3n) is 4.09. The van der Waals surface area contributed by atoms with E-state index in [1.165, 1.54) is 18.4 Å². The Balaban J connectivity index is 2.13. The summed E-state index contributed by atoms with van der Waals surface area (Å²) in [4.78, 5) is 29.3. The lowest BCUT2D eigenvalue weighted by Gasteiger charge is -2.05. The Morgan fingerprint density at radius 3 is 2.63 bits per heavy atom. The Bertz CT molecular complexity index is 1070. The van der Waals surface area contributed by atoms with Crippen molar-refractivity contribution < 1.29 is 23.5 Å². The fourth-order valence-corrected chi connectivity index (χ4v) is 3.89. The lowest BCUT2D eigenvalue weighted by molar-refractivity contribution is 0.0600. The van der Waals surface area contributed by atoms with Gasteiger partial charge < -0.3 is 18.5 Å². The van der Waals surface area contributed by atoms with Crippen molar-refractivity contribution in [2.75, 3.05) is 20.8 Å². The van der Waals surface area contributed by atoms with Crippen molar-refractivity contribution in [3.05, 3.63) is 51.7 Å². The topological polar surface area (TPSA) is 83.0 Å². The molecular formula is C19H20N2O5S. The highest BCUT2D eigenvalue weighted by Crippen LogP contribution is 2.20. The molecule has 142 valence electrons. The highest BCUT2D eigenvalue weighted by Gasteiger charge is 2.15. The summed E-state index contributed by atoms with van der Waals surface area (Å²) >= 11 is 1.33. The summed E-state index contributed by atoms with van der Waals surface area (Å²) < 4.78 is 18.1. The van der Waals surface area contributed by atoms with Crippen LogP contribution in [-0.4, -0.2) is 37.3 Å². The Hall–Kier alpha value is -2.71. The predicted molar refractivity (Wildman–Crippen MR) is 101 cm³/mol. The first kappa shape index (κ1) is 19.1. The molecule has 0 aliphatic heterocycles.